The van der Waals surface area contributed by atoms with Gasteiger partial charge in [-0.1, -0.05) is 6.07 Å². The maximum atomic E-state index is 5.93. The lowest BCUT2D eigenvalue weighted by molar-refractivity contribution is 0.553. The molecule has 64 valence electrons. The van der Waals surface area contributed by atoms with Crippen molar-refractivity contribution in [2.24, 2.45) is 5.73 Å². The summed E-state index contributed by atoms with van der Waals surface area (Å²) in [5.74, 6) is 0. The zero-order valence-corrected chi connectivity index (χ0v) is 7.38. The van der Waals surface area contributed by atoms with Crippen molar-refractivity contribution in [1.29, 1.82) is 0 Å². The second-order valence-electron chi connectivity index (χ2n) is 3.56. The second kappa shape index (κ2) is 2.87. The molecule has 1 aromatic rings. The Labute approximate surface area is 72.8 Å². The maximum Gasteiger partial charge on any atom is 0.0603 e. The lowest BCUT2D eigenvalue weighted by Gasteiger charge is -2.20. The number of hydrogen-bond acceptors (Lipinski definition) is 2. The van der Waals surface area contributed by atoms with Crippen LogP contribution in [0.1, 0.15) is 35.7 Å². The van der Waals surface area contributed by atoms with E-state index < -0.39 is 0 Å². The van der Waals surface area contributed by atoms with E-state index in [2.05, 4.69) is 18.0 Å². The summed E-state index contributed by atoms with van der Waals surface area (Å²) in [6.45, 7) is 2.08. The average molecular weight is 162 g/mol. The Morgan fingerprint density at radius 3 is 3.25 bits per heavy atom. The first-order valence-electron chi connectivity index (χ1n) is 4.48. The standard InChI is InChI=1S/C10H14N2/c1-7-5-8-3-2-4-9(11)10(8)12-6-7/h5-6,9H,2-4,11H2,1H3/t9-/m1/s1. The van der Waals surface area contributed by atoms with Crippen LogP contribution in [0.4, 0.5) is 0 Å². The van der Waals surface area contributed by atoms with E-state index in [4.69, 9.17) is 5.73 Å². The van der Waals surface area contributed by atoms with Crippen LogP contribution >= 0.6 is 0 Å². The third kappa shape index (κ3) is 1.23. The molecular weight excluding hydrogens is 148 g/mol. The van der Waals surface area contributed by atoms with Gasteiger partial charge >= 0.3 is 0 Å². The van der Waals surface area contributed by atoms with Crippen LogP contribution in [0.5, 0.6) is 0 Å². The van der Waals surface area contributed by atoms with E-state index in [9.17, 15) is 0 Å². The third-order valence-corrected chi connectivity index (χ3v) is 2.45. The van der Waals surface area contributed by atoms with Crippen LogP contribution in [-0.2, 0) is 6.42 Å². The van der Waals surface area contributed by atoms with Gasteiger partial charge in [0.05, 0.1) is 5.69 Å². The molecule has 1 heterocycles. The molecule has 0 aliphatic heterocycles. The summed E-state index contributed by atoms with van der Waals surface area (Å²) < 4.78 is 0. The highest BCUT2D eigenvalue weighted by Crippen LogP contribution is 2.26. The molecule has 2 nitrogen and oxygen atoms in total. The molecule has 2 heteroatoms. The van der Waals surface area contributed by atoms with Crippen LogP contribution in [0.15, 0.2) is 12.3 Å². The van der Waals surface area contributed by atoms with Crippen molar-refractivity contribution in [3.63, 3.8) is 0 Å². The van der Waals surface area contributed by atoms with Gasteiger partial charge in [0.25, 0.3) is 0 Å². The van der Waals surface area contributed by atoms with Crippen LogP contribution in [0.25, 0.3) is 0 Å². The van der Waals surface area contributed by atoms with Gasteiger partial charge in [0, 0.05) is 12.2 Å². The minimum atomic E-state index is 0.175. The van der Waals surface area contributed by atoms with Crippen molar-refractivity contribution in [2.75, 3.05) is 0 Å². The number of nitrogens with two attached hydrogens (primary N) is 1. The van der Waals surface area contributed by atoms with E-state index >= 15 is 0 Å². The lowest BCUT2D eigenvalue weighted by atomic mass is 9.92. The third-order valence-electron chi connectivity index (χ3n) is 2.45. The first kappa shape index (κ1) is 7.74. The Morgan fingerprint density at radius 2 is 2.42 bits per heavy atom. The van der Waals surface area contributed by atoms with E-state index in [1.165, 1.54) is 17.5 Å². The van der Waals surface area contributed by atoms with E-state index in [-0.39, 0.29) is 6.04 Å². The molecule has 12 heavy (non-hydrogen) atoms. The molecule has 1 aliphatic carbocycles. The number of aryl methyl sites for hydroxylation is 2. The molecular formula is C10H14N2. The van der Waals surface area contributed by atoms with Gasteiger partial charge in [-0.2, -0.15) is 0 Å². The highest BCUT2D eigenvalue weighted by molar-refractivity contribution is 5.28. The van der Waals surface area contributed by atoms with Gasteiger partial charge in [-0.3, -0.25) is 4.98 Å². The van der Waals surface area contributed by atoms with Crippen LogP contribution in [0.3, 0.4) is 0 Å². The SMILES string of the molecule is Cc1cnc2c(c1)CCC[C@H]2N. The Bertz CT molecular complexity index is 294. The largest absolute Gasteiger partial charge is 0.323 e. The smallest absolute Gasteiger partial charge is 0.0603 e. The fraction of sp³-hybridized carbons (Fsp3) is 0.500. The fourth-order valence-corrected chi connectivity index (χ4v) is 1.82. The zero-order valence-electron chi connectivity index (χ0n) is 7.38. The van der Waals surface area contributed by atoms with E-state index in [0.29, 0.717) is 0 Å². The summed E-state index contributed by atoms with van der Waals surface area (Å²) in [7, 11) is 0. The summed E-state index contributed by atoms with van der Waals surface area (Å²) in [4.78, 5) is 4.37. The van der Waals surface area contributed by atoms with E-state index in [1.54, 1.807) is 0 Å². The maximum absolute atomic E-state index is 5.93. The quantitative estimate of drug-likeness (QED) is 0.631. The summed E-state index contributed by atoms with van der Waals surface area (Å²) in [6, 6.07) is 2.38. The summed E-state index contributed by atoms with van der Waals surface area (Å²) >= 11 is 0. The number of rotatable bonds is 0. The van der Waals surface area contributed by atoms with Crippen molar-refractivity contribution in [2.45, 2.75) is 32.2 Å². The van der Waals surface area contributed by atoms with Gasteiger partial charge < -0.3 is 5.73 Å². The zero-order chi connectivity index (χ0) is 8.55. The Hall–Kier alpha value is -0.890. The summed E-state index contributed by atoms with van der Waals surface area (Å²) in [6.07, 6.45) is 5.35. The normalized spacial score (nSPS) is 22.0. The van der Waals surface area contributed by atoms with Crippen molar-refractivity contribution in [1.82, 2.24) is 4.98 Å². The van der Waals surface area contributed by atoms with E-state index in [0.717, 1.165) is 18.5 Å². The van der Waals surface area contributed by atoms with Gasteiger partial charge in [-0.15, -0.1) is 0 Å². The van der Waals surface area contributed by atoms with Gasteiger partial charge in [-0.25, -0.2) is 0 Å². The molecule has 0 saturated carbocycles. The van der Waals surface area contributed by atoms with Crippen LogP contribution in [0.2, 0.25) is 0 Å². The molecule has 0 bridgehead atoms. The highest BCUT2D eigenvalue weighted by Gasteiger charge is 2.17. The predicted octanol–water partition coefficient (Wildman–Crippen LogP) is 1.73. The first-order valence-corrected chi connectivity index (χ1v) is 4.48. The Morgan fingerprint density at radius 1 is 1.58 bits per heavy atom. The fourth-order valence-electron chi connectivity index (χ4n) is 1.82. The minimum Gasteiger partial charge on any atom is -0.323 e. The number of fused-ring (bicyclic) bond motifs is 1. The Kier molecular flexibility index (Phi) is 1.85. The molecule has 2 N–H and O–H groups in total. The monoisotopic (exact) mass is 162 g/mol. The Balaban J connectivity index is 2.46. The lowest BCUT2D eigenvalue weighted by Crippen LogP contribution is -2.19. The molecule has 1 aromatic heterocycles. The molecule has 0 saturated heterocycles. The second-order valence-corrected chi connectivity index (χ2v) is 3.56. The molecule has 0 radical (unpaired) electrons. The van der Waals surface area contributed by atoms with Crippen LogP contribution in [0, 0.1) is 6.92 Å². The van der Waals surface area contributed by atoms with Crippen molar-refractivity contribution in [3.05, 3.63) is 29.1 Å². The first-order chi connectivity index (χ1) is 5.77. The average Bonchev–Trinajstić information content (AvgIpc) is 2.04. The minimum absolute atomic E-state index is 0.175. The van der Waals surface area contributed by atoms with Crippen molar-refractivity contribution >= 4 is 0 Å². The predicted molar refractivity (Wildman–Crippen MR) is 48.8 cm³/mol. The van der Waals surface area contributed by atoms with Gasteiger partial charge in [0.15, 0.2) is 0 Å². The number of pyridine rings is 1. The number of aromatic nitrogens is 1. The molecule has 1 atom stereocenters. The molecule has 0 fully saturated rings. The molecule has 0 aromatic carbocycles. The number of hydrogen-bond donors (Lipinski definition) is 1. The molecule has 0 unspecified atom stereocenters. The van der Waals surface area contributed by atoms with Crippen LogP contribution in [-0.4, -0.2) is 4.98 Å². The van der Waals surface area contributed by atoms with Crippen molar-refractivity contribution in [3.8, 4) is 0 Å². The molecule has 1 aliphatic rings. The summed E-state index contributed by atoms with van der Waals surface area (Å²) in [5.41, 5.74) is 9.65. The van der Waals surface area contributed by atoms with Crippen molar-refractivity contribution < 1.29 is 0 Å². The highest BCUT2D eigenvalue weighted by atomic mass is 14.8. The topological polar surface area (TPSA) is 38.9 Å². The van der Waals surface area contributed by atoms with Gasteiger partial charge in [0.2, 0.25) is 0 Å². The van der Waals surface area contributed by atoms with Crippen LogP contribution < -0.4 is 5.73 Å². The molecule has 0 spiro atoms. The molecule has 2 rings (SSSR count). The van der Waals surface area contributed by atoms with Gasteiger partial charge in [0.1, 0.15) is 0 Å². The summed E-state index contributed by atoms with van der Waals surface area (Å²) in [5, 5.41) is 0. The number of nitrogens with zero attached hydrogens (tertiary/aromatic N) is 1. The van der Waals surface area contributed by atoms with E-state index in [1.807, 2.05) is 6.20 Å². The van der Waals surface area contributed by atoms with Gasteiger partial charge in [-0.05, 0) is 37.3 Å². The molecule has 0 amide bonds.